The molecule has 0 saturated carbocycles. The molecule has 1 atom stereocenters. The average Bonchev–Trinajstić information content (AvgIpc) is 2.48. The fourth-order valence-corrected chi connectivity index (χ4v) is 2.28. The Hall–Kier alpha value is -1.84. The topological polar surface area (TPSA) is 49.4 Å². The highest BCUT2D eigenvalue weighted by Crippen LogP contribution is 2.09. The van der Waals surface area contributed by atoms with Gasteiger partial charge in [-0.3, -0.25) is 9.59 Å². The second kappa shape index (κ2) is 8.45. The van der Waals surface area contributed by atoms with Crippen LogP contribution in [-0.2, 0) is 4.79 Å². The highest BCUT2D eigenvalue weighted by molar-refractivity contribution is 5.97. The highest BCUT2D eigenvalue weighted by atomic mass is 16.2. The van der Waals surface area contributed by atoms with Crippen LogP contribution in [0.2, 0.25) is 0 Å². The summed E-state index contributed by atoms with van der Waals surface area (Å²) in [6.07, 6.45) is 0.647. The van der Waals surface area contributed by atoms with Crippen LogP contribution in [0.4, 0.5) is 0 Å². The second-order valence-corrected chi connectivity index (χ2v) is 5.53. The van der Waals surface area contributed by atoms with E-state index in [4.69, 9.17) is 0 Å². The van der Waals surface area contributed by atoms with Gasteiger partial charge in [0.25, 0.3) is 5.91 Å². The largest absolute Gasteiger partial charge is 0.341 e. The van der Waals surface area contributed by atoms with Gasteiger partial charge in [-0.25, -0.2) is 0 Å². The number of benzene rings is 1. The van der Waals surface area contributed by atoms with Gasteiger partial charge in [-0.2, -0.15) is 0 Å². The third-order valence-electron chi connectivity index (χ3n) is 3.42. The summed E-state index contributed by atoms with van der Waals surface area (Å²) < 4.78 is 0. The van der Waals surface area contributed by atoms with Crippen LogP contribution >= 0.6 is 0 Å². The third kappa shape index (κ3) is 5.21. The van der Waals surface area contributed by atoms with Gasteiger partial charge in [-0.05, 0) is 38.3 Å². The van der Waals surface area contributed by atoms with E-state index < -0.39 is 6.04 Å². The van der Waals surface area contributed by atoms with E-state index in [9.17, 15) is 9.59 Å². The third-order valence-corrected chi connectivity index (χ3v) is 3.42. The number of hydrogen-bond acceptors (Lipinski definition) is 2. The van der Waals surface area contributed by atoms with Crippen molar-refractivity contribution < 1.29 is 9.59 Å². The van der Waals surface area contributed by atoms with Crippen molar-refractivity contribution in [1.82, 2.24) is 10.2 Å². The number of carbonyl (C=O) groups is 2. The molecule has 2 amide bonds. The molecule has 116 valence electrons. The van der Waals surface area contributed by atoms with Crippen molar-refractivity contribution in [2.45, 2.75) is 40.2 Å². The lowest BCUT2D eigenvalue weighted by Gasteiger charge is -2.27. The molecule has 1 rings (SSSR count). The zero-order valence-electron chi connectivity index (χ0n) is 13.4. The van der Waals surface area contributed by atoms with Crippen LogP contribution in [0.15, 0.2) is 30.3 Å². The first kappa shape index (κ1) is 17.2. The molecule has 4 heteroatoms. The van der Waals surface area contributed by atoms with Gasteiger partial charge in [0.1, 0.15) is 6.04 Å². The van der Waals surface area contributed by atoms with Gasteiger partial charge in [-0.15, -0.1) is 0 Å². The Labute approximate surface area is 127 Å². The molecule has 0 fully saturated rings. The van der Waals surface area contributed by atoms with Crippen molar-refractivity contribution in [2.24, 2.45) is 5.92 Å². The van der Waals surface area contributed by atoms with Crippen molar-refractivity contribution in [3.63, 3.8) is 0 Å². The number of hydrogen-bond donors (Lipinski definition) is 1. The molecule has 0 saturated heterocycles. The minimum absolute atomic E-state index is 0.00187. The lowest BCUT2D eigenvalue weighted by atomic mass is 10.0. The molecule has 1 N–H and O–H groups in total. The molecule has 0 heterocycles. The molecule has 1 aromatic carbocycles. The Morgan fingerprint density at radius 1 is 1.10 bits per heavy atom. The molecule has 0 bridgehead atoms. The SMILES string of the molecule is CCN(CC)C(=O)[C@H](CC(C)C)NC(=O)c1ccccc1. The van der Waals surface area contributed by atoms with E-state index in [2.05, 4.69) is 19.2 Å². The van der Waals surface area contributed by atoms with Crippen molar-refractivity contribution in [3.05, 3.63) is 35.9 Å². The molecule has 0 aliphatic rings. The van der Waals surface area contributed by atoms with Crippen molar-refractivity contribution in [3.8, 4) is 0 Å². The van der Waals surface area contributed by atoms with Crippen LogP contribution in [-0.4, -0.2) is 35.8 Å². The summed E-state index contributed by atoms with van der Waals surface area (Å²) in [4.78, 5) is 26.5. The van der Waals surface area contributed by atoms with E-state index in [1.807, 2.05) is 32.0 Å². The van der Waals surface area contributed by atoms with E-state index in [-0.39, 0.29) is 11.8 Å². The Morgan fingerprint density at radius 3 is 2.14 bits per heavy atom. The van der Waals surface area contributed by atoms with Gasteiger partial charge in [0.2, 0.25) is 5.91 Å². The summed E-state index contributed by atoms with van der Waals surface area (Å²) in [6.45, 7) is 9.32. The summed E-state index contributed by atoms with van der Waals surface area (Å²) in [5.41, 5.74) is 0.582. The molecule has 0 radical (unpaired) electrons. The number of carbonyl (C=O) groups excluding carboxylic acids is 2. The zero-order chi connectivity index (χ0) is 15.8. The summed E-state index contributed by atoms with van der Waals surface area (Å²) in [5, 5.41) is 2.88. The van der Waals surface area contributed by atoms with Crippen LogP contribution in [0.25, 0.3) is 0 Å². The van der Waals surface area contributed by atoms with E-state index in [0.29, 0.717) is 31.0 Å². The van der Waals surface area contributed by atoms with Gasteiger partial charge >= 0.3 is 0 Å². The number of nitrogens with one attached hydrogen (secondary N) is 1. The molecule has 21 heavy (non-hydrogen) atoms. The minimum atomic E-state index is -0.461. The average molecular weight is 290 g/mol. The van der Waals surface area contributed by atoms with E-state index in [1.165, 1.54) is 0 Å². The molecule has 0 aromatic heterocycles. The van der Waals surface area contributed by atoms with E-state index in [0.717, 1.165) is 0 Å². The molecule has 4 nitrogen and oxygen atoms in total. The molecule has 0 aliphatic carbocycles. The summed E-state index contributed by atoms with van der Waals surface area (Å²) in [6, 6.07) is 8.55. The summed E-state index contributed by atoms with van der Waals surface area (Å²) in [7, 11) is 0. The zero-order valence-corrected chi connectivity index (χ0v) is 13.4. The normalized spacial score (nSPS) is 12.0. The quantitative estimate of drug-likeness (QED) is 0.839. The maximum absolute atomic E-state index is 12.5. The monoisotopic (exact) mass is 290 g/mol. The maximum atomic E-state index is 12.5. The number of nitrogens with zero attached hydrogens (tertiary/aromatic N) is 1. The maximum Gasteiger partial charge on any atom is 0.251 e. The van der Waals surface area contributed by atoms with Crippen molar-refractivity contribution >= 4 is 11.8 Å². The van der Waals surface area contributed by atoms with Crippen LogP contribution < -0.4 is 5.32 Å². The lowest BCUT2D eigenvalue weighted by Crippen LogP contribution is -2.49. The molecule has 0 aliphatic heterocycles. The Bertz CT molecular complexity index is 453. The first-order valence-corrected chi connectivity index (χ1v) is 7.64. The molecule has 1 aromatic rings. The number of amides is 2. The predicted molar refractivity (Wildman–Crippen MR) is 85.1 cm³/mol. The lowest BCUT2D eigenvalue weighted by molar-refractivity contribution is -0.133. The fourth-order valence-electron chi connectivity index (χ4n) is 2.28. The Kier molecular flexibility index (Phi) is 6.92. The van der Waals surface area contributed by atoms with Crippen LogP contribution in [0.1, 0.15) is 44.5 Å². The molecular weight excluding hydrogens is 264 g/mol. The smallest absolute Gasteiger partial charge is 0.251 e. The Balaban J connectivity index is 2.83. The first-order valence-electron chi connectivity index (χ1n) is 7.64. The number of likely N-dealkylation sites (N-methyl/N-ethyl adjacent to an activating group) is 1. The molecular formula is C17H26N2O2. The molecule has 0 unspecified atom stereocenters. The number of rotatable bonds is 7. The fraction of sp³-hybridized carbons (Fsp3) is 0.529. The predicted octanol–water partition coefficient (Wildman–Crippen LogP) is 2.70. The van der Waals surface area contributed by atoms with Crippen molar-refractivity contribution in [1.29, 1.82) is 0 Å². The minimum Gasteiger partial charge on any atom is -0.341 e. The summed E-state index contributed by atoms with van der Waals surface area (Å²) >= 11 is 0. The van der Waals surface area contributed by atoms with Crippen LogP contribution in [0.3, 0.4) is 0 Å². The van der Waals surface area contributed by atoms with E-state index >= 15 is 0 Å². The molecule has 0 spiro atoms. The van der Waals surface area contributed by atoms with Crippen LogP contribution in [0, 0.1) is 5.92 Å². The van der Waals surface area contributed by atoms with E-state index in [1.54, 1.807) is 17.0 Å². The summed E-state index contributed by atoms with van der Waals surface area (Å²) in [5.74, 6) is 0.144. The first-order chi connectivity index (χ1) is 9.99. The highest BCUT2D eigenvalue weighted by Gasteiger charge is 2.25. The van der Waals surface area contributed by atoms with Gasteiger partial charge < -0.3 is 10.2 Å². The van der Waals surface area contributed by atoms with Gasteiger partial charge in [0, 0.05) is 18.7 Å². The standard InChI is InChI=1S/C17H26N2O2/c1-5-19(6-2)17(21)15(12-13(3)4)18-16(20)14-10-8-7-9-11-14/h7-11,13,15H,5-6,12H2,1-4H3,(H,18,20)/t15-/m0/s1. The Morgan fingerprint density at radius 2 is 1.67 bits per heavy atom. The van der Waals surface area contributed by atoms with Gasteiger partial charge in [0.05, 0.1) is 0 Å². The van der Waals surface area contributed by atoms with Gasteiger partial charge in [0.15, 0.2) is 0 Å². The van der Waals surface area contributed by atoms with Crippen LogP contribution in [0.5, 0.6) is 0 Å². The van der Waals surface area contributed by atoms with Crippen molar-refractivity contribution in [2.75, 3.05) is 13.1 Å². The second-order valence-electron chi connectivity index (χ2n) is 5.53. The van der Waals surface area contributed by atoms with Gasteiger partial charge in [-0.1, -0.05) is 32.0 Å².